The van der Waals surface area contributed by atoms with Gasteiger partial charge < -0.3 is 15.8 Å². The van der Waals surface area contributed by atoms with Crippen LogP contribution in [0.5, 0.6) is 5.75 Å². The van der Waals surface area contributed by atoms with E-state index >= 15 is 0 Å². The fourth-order valence-electron chi connectivity index (χ4n) is 2.71. The number of nitrogens with one attached hydrogen (secondary N) is 1. The summed E-state index contributed by atoms with van der Waals surface area (Å²) in [5, 5.41) is 3.08. The van der Waals surface area contributed by atoms with E-state index in [0.29, 0.717) is 17.5 Å². The fourth-order valence-corrected chi connectivity index (χ4v) is 3.30. The molecule has 0 radical (unpaired) electrons. The van der Waals surface area contributed by atoms with Crippen molar-refractivity contribution in [1.29, 1.82) is 0 Å². The molecule has 1 fully saturated rings. The molecule has 1 aliphatic rings. The summed E-state index contributed by atoms with van der Waals surface area (Å²) in [6.07, 6.45) is 5.25. The Balaban J connectivity index is 1.97. The van der Waals surface area contributed by atoms with Crippen LogP contribution < -0.4 is 15.8 Å². The van der Waals surface area contributed by atoms with Crippen LogP contribution in [-0.2, 0) is 4.79 Å². The van der Waals surface area contributed by atoms with Crippen LogP contribution in [-0.4, -0.2) is 18.1 Å². The molecule has 0 heterocycles. The standard InChI is InChI=1S/C16H23BrN2O2/c1-10-8-12(17)9-14(18)15(10)21-11(2)16(20)19-13-6-4-3-5-7-13/h8-9,11,13H,3-7,18H2,1-2H3,(H,19,20). The number of carbonyl (C=O) groups excluding carboxylic acids is 1. The summed E-state index contributed by atoms with van der Waals surface area (Å²) in [4.78, 5) is 12.2. The van der Waals surface area contributed by atoms with Gasteiger partial charge in [0.05, 0.1) is 5.69 Å². The Kier molecular flexibility index (Phi) is 5.51. The molecule has 0 bridgehead atoms. The number of benzene rings is 1. The van der Waals surface area contributed by atoms with Gasteiger partial charge in [-0.05, 0) is 44.4 Å². The lowest BCUT2D eigenvalue weighted by Crippen LogP contribution is -2.43. The van der Waals surface area contributed by atoms with Gasteiger partial charge in [-0.1, -0.05) is 35.2 Å². The third-order valence-electron chi connectivity index (χ3n) is 3.88. The molecule has 1 amide bonds. The molecular formula is C16H23BrN2O2. The van der Waals surface area contributed by atoms with Crippen molar-refractivity contribution in [2.24, 2.45) is 0 Å². The van der Waals surface area contributed by atoms with E-state index < -0.39 is 6.10 Å². The molecule has 2 rings (SSSR count). The number of aryl methyl sites for hydroxylation is 1. The molecule has 116 valence electrons. The zero-order valence-electron chi connectivity index (χ0n) is 12.6. The van der Waals surface area contributed by atoms with Crippen LogP contribution >= 0.6 is 15.9 Å². The first-order valence-electron chi connectivity index (χ1n) is 7.50. The van der Waals surface area contributed by atoms with Crippen molar-refractivity contribution in [2.45, 2.75) is 58.1 Å². The van der Waals surface area contributed by atoms with Gasteiger partial charge in [0.15, 0.2) is 6.10 Å². The van der Waals surface area contributed by atoms with Crippen molar-refractivity contribution in [3.63, 3.8) is 0 Å². The van der Waals surface area contributed by atoms with Gasteiger partial charge >= 0.3 is 0 Å². The molecule has 1 aliphatic carbocycles. The Morgan fingerprint density at radius 2 is 2.05 bits per heavy atom. The minimum atomic E-state index is -0.547. The molecule has 0 aromatic heterocycles. The molecule has 21 heavy (non-hydrogen) atoms. The first kappa shape index (κ1) is 16.1. The average Bonchev–Trinajstić information content (AvgIpc) is 2.43. The predicted molar refractivity (Wildman–Crippen MR) is 88.4 cm³/mol. The fraction of sp³-hybridized carbons (Fsp3) is 0.562. The van der Waals surface area contributed by atoms with Crippen molar-refractivity contribution in [1.82, 2.24) is 5.32 Å². The average molecular weight is 355 g/mol. The Morgan fingerprint density at radius 1 is 1.38 bits per heavy atom. The third kappa shape index (κ3) is 4.37. The van der Waals surface area contributed by atoms with Gasteiger partial charge in [-0.25, -0.2) is 0 Å². The molecule has 1 atom stereocenters. The number of amides is 1. The number of hydrogen-bond acceptors (Lipinski definition) is 3. The number of anilines is 1. The summed E-state index contributed by atoms with van der Waals surface area (Å²) in [6, 6.07) is 4.01. The van der Waals surface area contributed by atoms with E-state index in [0.717, 1.165) is 22.9 Å². The molecule has 5 heteroatoms. The molecule has 1 saturated carbocycles. The van der Waals surface area contributed by atoms with Crippen molar-refractivity contribution in [3.05, 3.63) is 22.2 Å². The highest BCUT2D eigenvalue weighted by atomic mass is 79.9. The van der Waals surface area contributed by atoms with Gasteiger partial charge in [-0.2, -0.15) is 0 Å². The van der Waals surface area contributed by atoms with Gasteiger partial charge in [-0.3, -0.25) is 4.79 Å². The molecule has 0 saturated heterocycles. The van der Waals surface area contributed by atoms with Crippen LogP contribution in [0.25, 0.3) is 0 Å². The summed E-state index contributed by atoms with van der Waals surface area (Å²) in [6.45, 7) is 3.68. The van der Waals surface area contributed by atoms with Crippen molar-refractivity contribution < 1.29 is 9.53 Å². The molecule has 1 unspecified atom stereocenters. The van der Waals surface area contributed by atoms with Crippen LogP contribution in [0.2, 0.25) is 0 Å². The van der Waals surface area contributed by atoms with E-state index in [1.54, 1.807) is 13.0 Å². The van der Waals surface area contributed by atoms with Gasteiger partial charge in [0.2, 0.25) is 0 Å². The van der Waals surface area contributed by atoms with E-state index in [9.17, 15) is 4.79 Å². The minimum Gasteiger partial charge on any atom is -0.478 e. The van der Waals surface area contributed by atoms with Crippen LogP contribution in [0.3, 0.4) is 0 Å². The summed E-state index contributed by atoms with van der Waals surface area (Å²) in [5.74, 6) is 0.521. The monoisotopic (exact) mass is 354 g/mol. The van der Waals surface area contributed by atoms with Crippen molar-refractivity contribution in [3.8, 4) is 5.75 Å². The van der Waals surface area contributed by atoms with Gasteiger partial charge in [0, 0.05) is 10.5 Å². The second-order valence-corrected chi connectivity index (χ2v) is 6.66. The molecule has 1 aromatic carbocycles. The highest BCUT2D eigenvalue weighted by molar-refractivity contribution is 9.10. The lowest BCUT2D eigenvalue weighted by Gasteiger charge is -2.25. The smallest absolute Gasteiger partial charge is 0.260 e. The zero-order chi connectivity index (χ0) is 15.4. The lowest BCUT2D eigenvalue weighted by atomic mass is 9.95. The van der Waals surface area contributed by atoms with Crippen LogP contribution in [0, 0.1) is 6.92 Å². The zero-order valence-corrected chi connectivity index (χ0v) is 14.2. The molecule has 0 aliphatic heterocycles. The van der Waals surface area contributed by atoms with Gasteiger partial charge in [0.25, 0.3) is 5.91 Å². The van der Waals surface area contributed by atoms with Crippen LogP contribution in [0.1, 0.15) is 44.6 Å². The minimum absolute atomic E-state index is 0.0661. The topological polar surface area (TPSA) is 64.3 Å². The Morgan fingerprint density at radius 3 is 2.67 bits per heavy atom. The molecule has 1 aromatic rings. The number of ether oxygens (including phenoxy) is 1. The van der Waals surface area contributed by atoms with E-state index in [-0.39, 0.29) is 5.91 Å². The summed E-state index contributed by atoms with van der Waals surface area (Å²) in [7, 11) is 0. The van der Waals surface area contributed by atoms with Gasteiger partial charge in [0.1, 0.15) is 5.75 Å². The van der Waals surface area contributed by atoms with Gasteiger partial charge in [-0.15, -0.1) is 0 Å². The number of nitrogen functional groups attached to an aromatic ring is 1. The first-order valence-corrected chi connectivity index (χ1v) is 8.29. The maximum Gasteiger partial charge on any atom is 0.260 e. The molecule has 0 spiro atoms. The SMILES string of the molecule is Cc1cc(Br)cc(N)c1OC(C)C(=O)NC1CCCCC1. The van der Waals surface area contributed by atoms with Crippen molar-refractivity contribution in [2.75, 3.05) is 5.73 Å². The molecule has 3 N–H and O–H groups in total. The second kappa shape index (κ2) is 7.16. The largest absolute Gasteiger partial charge is 0.478 e. The number of carbonyl (C=O) groups is 1. The number of rotatable bonds is 4. The molecule has 4 nitrogen and oxygen atoms in total. The predicted octanol–water partition coefficient (Wildman–Crippen LogP) is 3.56. The summed E-state index contributed by atoms with van der Waals surface area (Å²) in [5.41, 5.74) is 7.43. The maximum atomic E-state index is 12.2. The maximum absolute atomic E-state index is 12.2. The Bertz CT molecular complexity index is 490. The van der Waals surface area contributed by atoms with Crippen LogP contribution in [0.4, 0.5) is 5.69 Å². The van der Waals surface area contributed by atoms with E-state index in [1.807, 2.05) is 13.0 Å². The lowest BCUT2D eigenvalue weighted by molar-refractivity contribution is -0.128. The molecular weight excluding hydrogens is 332 g/mol. The first-order chi connectivity index (χ1) is 9.97. The number of nitrogens with two attached hydrogens (primary N) is 1. The highest BCUT2D eigenvalue weighted by Gasteiger charge is 2.21. The van der Waals surface area contributed by atoms with E-state index in [1.165, 1.54) is 19.3 Å². The van der Waals surface area contributed by atoms with E-state index in [2.05, 4.69) is 21.2 Å². The number of hydrogen-bond donors (Lipinski definition) is 2. The Labute approximate surface area is 134 Å². The number of halogens is 1. The normalized spacial score (nSPS) is 17.3. The van der Waals surface area contributed by atoms with Crippen LogP contribution in [0.15, 0.2) is 16.6 Å². The summed E-state index contributed by atoms with van der Waals surface area (Å²) < 4.78 is 6.68. The third-order valence-corrected chi connectivity index (χ3v) is 4.34. The second-order valence-electron chi connectivity index (χ2n) is 5.74. The van der Waals surface area contributed by atoms with Crippen molar-refractivity contribution >= 4 is 27.5 Å². The van der Waals surface area contributed by atoms with E-state index in [4.69, 9.17) is 10.5 Å². The summed E-state index contributed by atoms with van der Waals surface area (Å²) >= 11 is 3.39. The Hall–Kier alpha value is -1.23. The quantitative estimate of drug-likeness (QED) is 0.812. The highest BCUT2D eigenvalue weighted by Crippen LogP contribution is 2.31.